The standard InChI is InChI=1S/C25H32FNO3.C25H30FNO3/c2*1-15(2)13-30-18-10-16(9-17(26)11-18)21-8-7-19(23(28)29)22(27-21)20-12-24(3,4)14-25(20,5)6/h7-11,15,20H,12-14H2,1-6H3,(H,28,29);7-12,15H,13-14H2,1-6H3,(H,28,29). The highest BCUT2D eigenvalue weighted by Crippen LogP contribution is 2.57. The van der Waals surface area contributed by atoms with Crippen LogP contribution in [-0.4, -0.2) is 45.3 Å². The molecular weight excluding hydrogens is 763 g/mol. The monoisotopic (exact) mass is 824 g/mol. The van der Waals surface area contributed by atoms with E-state index in [1.165, 1.54) is 24.3 Å². The number of hydrogen-bond donors (Lipinski definition) is 2. The van der Waals surface area contributed by atoms with Gasteiger partial charge in [-0.05, 0) is 107 Å². The summed E-state index contributed by atoms with van der Waals surface area (Å²) in [7, 11) is 0. The largest absolute Gasteiger partial charge is 0.493 e. The van der Waals surface area contributed by atoms with Crippen molar-refractivity contribution < 1.29 is 38.1 Å². The van der Waals surface area contributed by atoms with Crippen molar-refractivity contribution in [2.24, 2.45) is 33.5 Å². The number of hydrogen-bond acceptors (Lipinski definition) is 6. The first-order valence-corrected chi connectivity index (χ1v) is 20.9. The van der Waals surface area contributed by atoms with Gasteiger partial charge in [0.15, 0.2) is 0 Å². The average Bonchev–Trinajstić information content (AvgIpc) is 3.51. The number of carboxylic acids is 2. The predicted molar refractivity (Wildman–Crippen MR) is 234 cm³/mol. The number of pyridine rings is 2. The Bertz CT molecular complexity index is 2270. The van der Waals surface area contributed by atoms with Crippen LogP contribution in [0.4, 0.5) is 8.78 Å². The lowest BCUT2D eigenvalue weighted by atomic mass is 9.78. The Hall–Kier alpha value is -5.12. The second-order valence-corrected chi connectivity index (χ2v) is 20.3. The summed E-state index contributed by atoms with van der Waals surface area (Å²) >= 11 is 0. The lowest BCUT2D eigenvalue weighted by Gasteiger charge is -2.28. The van der Waals surface area contributed by atoms with Crippen LogP contribution in [0.1, 0.15) is 140 Å². The number of aromatic carboxylic acids is 2. The highest BCUT2D eigenvalue weighted by Gasteiger charge is 2.47. The maximum Gasteiger partial charge on any atom is 0.337 e. The molecule has 1 saturated carbocycles. The first-order valence-electron chi connectivity index (χ1n) is 20.9. The molecule has 8 nitrogen and oxygen atoms in total. The van der Waals surface area contributed by atoms with Gasteiger partial charge in [0.25, 0.3) is 0 Å². The summed E-state index contributed by atoms with van der Waals surface area (Å²) in [6.45, 7) is 26.3. The van der Waals surface area contributed by atoms with Crippen molar-refractivity contribution in [2.75, 3.05) is 13.2 Å². The van der Waals surface area contributed by atoms with E-state index in [1.54, 1.807) is 36.4 Å². The number of allylic oxidation sites excluding steroid dienone is 2. The number of carboxylic acid groups (broad SMARTS) is 2. The lowest BCUT2D eigenvalue weighted by Crippen LogP contribution is -2.20. The van der Waals surface area contributed by atoms with Crippen LogP contribution >= 0.6 is 0 Å². The van der Waals surface area contributed by atoms with Gasteiger partial charge in [0.2, 0.25) is 0 Å². The number of carbonyl (C=O) groups is 2. The van der Waals surface area contributed by atoms with Crippen LogP contribution in [0.2, 0.25) is 0 Å². The molecule has 2 aliphatic carbocycles. The first-order chi connectivity index (χ1) is 27.8. The highest BCUT2D eigenvalue weighted by atomic mass is 19.1. The zero-order valence-corrected chi connectivity index (χ0v) is 37.3. The normalized spacial score (nSPS) is 18.5. The van der Waals surface area contributed by atoms with Crippen LogP contribution in [0.15, 0.2) is 66.7 Å². The number of halogens is 2. The predicted octanol–water partition coefficient (Wildman–Crippen LogP) is 13.0. The zero-order chi connectivity index (χ0) is 44.5. The number of rotatable bonds is 12. The molecule has 1 atom stereocenters. The number of benzene rings is 2. The van der Waals surface area contributed by atoms with Gasteiger partial charge in [0, 0.05) is 29.2 Å². The van der Waals surface area contributed by atoms with E-state index in [2.05, 4.69) is 61.5 Å². The van der Waals surface area contributed by atoms with Gasteiger partial charge in [-0.15, -0.1) is 0 Å². The van der Waals surface area contributed by atoms with Crippen molar-refractivity contribution in [1.29, 1.82) is 0 Å². The fourth-order valence-electron chi connectivity index (χ4n) is 9.18. The van der Waals surface area contributed by atoms with E-state index in [9.17, 15) is 28.6 Å². The summed E-state index contributed by atoms with van der Waals surface area (Å²) in [5.74, 6) is -1.28. The molecule has 2 heterocycles. The average molecular weight is 825 g/mol. The summed E-state index contributed by atoms with van der Waals surface area (Å²) in [6.07, 6.45) is 4.87. The molecule has 0 spiro atoms. The van der Waals surface area contributed by atoms with Crippen LogP contribution in [0.3, 0.4) is 0 Å². The zero-order valence-electron chi connectivity index (χ0n) is 37.3. The molecule has 4 aromatic rings. The topological polar surface area (TPSA) is 119 Å². The van der Waals surface area contributed by atoms with Crippen LogP contribution in [0, 0.1) is 45.1 Å². The Kier molecular flexibility index (Phi) is 13.4. The molecule has 2 aliphatic rings. The molecule has 322 valence electrons. The molecule has 0 bridgehead atoms. The molecule has 10 heteroatoms. The molecule has 2 aromatic heterocycles. The van der Waals surface area contributed by atoms with Crippen molar-refractivity contribution in [2.45, 2.75) is 108 Å². The van der Waals surface area contributed by atoms with E-state index in [0.717, 1.165) is 24.8 Å². The molecule has 6 rings (SSSR count). The van der Waals surface area contributed by atoms with Crippen molar-refractivity contribution in [3.8, 4) is 34.0 Å². The minimum Gasteiger partial charge on any atom is -0.493 e. The van der Waals surface area contributed by atoms with Gasteiger partial charge in [0.1, 0.15) is 23.1 Å². The molecule has 0 amide bonds. The number of aromatic nitrogens is 2. The molecule has 1 fully saturated rings. The fraction of sp³-hybridized carbons (Fsp3) is 0.480. The third-order valence-corrected chi connectivity index (χ3v) is 11.2. The van der Waals surface area contributed by atoms with Gasteiger partial charge in [-0.1, -0.05) is 89.2 Å². The molecule has 0 saturated heterocycles. The molecule has 0 aliphatic heterocycles. The van der Waals surface area contributed by atoms with Gasteiger partial charge in [-0.2, -0.15) is 0 Å². The summed E-state index contributed by atoms with van der Waals surface area (Å²) < 4.78 is 39.9. The number of ether oxygens (including phenoxy) is 2. The first kappa shape index (κ1) is 46.0. The summed E-state index contributed by atoms with van der Waals surface area (Å²) in [6, 6.07) is 15.5. The Morgan fingerprint density at radius 2 is 1.18 bits per heavy atom. The van der Waals surface area contributed by atoms with Gasteiger partial charge in [-0.25, -0.2) is 23.4 Å². The van der Waals surface area contributed by atoms with E-state index in [-0.39, 0.29) is 38.7 Å². The van der Waals surface area contributed by atoms with Gasteiger partial charge >= 0.3 is 11.9 Å². The van der Waals surface area contributed by atoms with E-state index >= 15 is 0 Å². The maximum atomic E-state index is 14.3. The van der Waals surface area contributed by atoms with Crippen molar-refractivity contribution >= 4 is 17.5 Å². The van der Waals surface area contributed by atoms with Crippen molar-refractivity contribution in [3.63, 3.8) is 0 Å². The Morgan fingerprint density at radius 3 is 1.60 bits per heavy atom. The minimum absolute atomic E-state index is 0.0174. The Morgan fingerprint density at radius 1 is 0.700 bits per heavy atom. The maximum absolute atomic E-state index is 14.3. The van der Waals surface area contributed by atoms with Crippen molar-refractivity contribution in [1.82, 2.24) is 9.97 Å². The quantitative estimate of drug-likeness (QED) is 0.145. The molecular formula is C50H62F2N2O6. The smallest absolute Gasteiger partial charge is 0.337 e. The third-order valence-electron chi connectivity index (χ3n) is 11.2. The van der Waals surface area contributed by atoms with E-state index in [0.29, 0.717) is 70.5 Å². The molecule has 60 heavy (non-hydrogen) atoms. The second kappa shape index (κ2) is 17.5. The number of nitrogens with zero attached hydrogens (tertiary/aromatic N) is 2. The lowest BCUT2D eigenvalue weighted by molar-refractivity contribution is 0.0683. The Balaban J connectivity index is 0.000000228. The minimum atomic E-state index is -1.02. The molecule has 0 radical (unpaired) electrons. The fourth-order valence-corrected chi connectivity index (χ4v) is 9.18. The van der Waals surface area contributed by atoms with Crippen molar-refractivity contribution in [3.05, 3.63) is 101 Å². The summed E-state index contributed by atoms with van der Waals surface area (Å²) in [5.41, 5.74) is 4.32. The van der Waals surface area contributed by atoms with Gasteiger partial charge < -0.3 is 19.7 Å². The van der Waals surface area contributed by atoms with E-state index in [4.69, 9.17) is 19.4 Å². The van der Waals surface area contributed by atoms with Crippen LogP contribution in [0.25, 0.3) is 28.1 Å². The van der Waals surface area contributed by atoms with Gasteiger partial charge in [0.05, 0.1) is 47.1 Å². The third kappa shape index (κ3) is 11.2. The van der Waals surface area contributed by atoms with E-state index in [1.807, 2.05) is 27.7 Å². The SMILES string of the molecule is CC(C)COc1cc(F)cc(-c2ccc(C(=O)O)c(C3=CC(C)(C)CC3(C)C)n2)c1.CC(C)COc1cc(F)cc(-c2ccc(C(=O)O)c(C3CC(C)(C)CC3(C)C)n2)c1. The summed E-state index contributed by atoms with van der Waals surface area (Å²) in [4.78, 5) is 33.3. The van der Waals surface area contributed by atoms with Gasteiger partial charge in [-0.3, -0.25) is 4.98 Å². The van der Waals surface area contributed by atoms with Crippen LogP contribution in [-0.2, 0) is 0 Å². The highest BCUT2D eigenvalue weighted by molar-refractivity contribution is 5.95. The molecule has 1 unspecified atom stereocenters. The Labute approximate surface area is 354 Å². The second-order valence-electron chi connectivity index (χ2n) is 20.3. The summed E-state index contributed by atoms with van der Waals surface area (Å²) in [5, 5.41) is 19.5. The van der Waals surface area contributed by atoms with Crippen LogP contribution in [0.5, 0.6) is 11.5 Å². The molecule has 2 N–H and O–H groups in total. The van der Waals surface area contributed by atoms with E-state index < -0.39 is 23.6 Å². The molecule has 2 aromatic carbocycles. The van der Waals surface area contributed by atoms with Crippen LogP contribution < -0.4 is 9.47 Å².